The summed E-state index contributed by atoms with van der Waals surface area (Å²) in [6.45, 7) is 7.96. The van der Waals surface area contributed by atoms with E-state index in [-0.39, 0.29) is 16.1 Å². The quantitative estimate of drug-likeness (QED) is 0.877. The average Bonchev–Trinajstić information content (AvgIpc) is 2.36. The van der Waals surface area contributed by atoms with Crippen LogP contribution in [-0.4, -0.2) is 20.7 Å². The molecule has 0 aromatic heterocycles. The molecule has 0 aliphatic rings. The number of nitrogens with one attached hydrogen (secondary N) is 1. The maximum Gasteiger partial charge on any atom is 0.240 e. The molecule has 112 valence electrons. The van der Waals surface area contributed by atoms with E-state index in [1.54, 1.807) is 24.3 Å². The van der Waals surface area contributed by atoms with Crippen LogP contribution in [0.2, 0.25) is 0 Å². The third-order valence-corrected chi connectivity index (χ3v) is 4.45. The molecule has 1 aromatic rings. The Morgan fingerprint density at radius 1 is 1.15 bits per heavy atom. The number of hydrogen-bond acceptors (Lipinski definition) is 3. The summed E-state index contributed by atoms with van der Waals surface area (Å²) in [5, 5.41) is 0. The first-order valence-corrected chi connectivity index (χ1v) is 8.27. The second-order valence-corrected chi connectivity index (χ2v) is 7.66. The van der Waals surface area contributed by atoms with E-state index in [9.17, 15) is 13.2 Å². The lowest BCUT2D eigenvalue weighted by molar-refractivity contribution is -0.125. The van der Waals surface area contributed by atoms with E-state index in [4.69, 9.17) is 0 Å². The van der Waals surface area contributed by atoms with Crippen molar-refractivity contribution in [2.75, 3.05) is 6.54 Å². The van der Waals surface area contributed by atoms with E-state index in [1.165, 1.54) is 0 Å². The first kappa shape index (κ1) is 16.9. The minimum Gasteiger partial charge on any atom is -0.299 e. The van der Waals surface area contributed by atoms with Crippen molar-refractivity contribution >= 4 is 15.8 Å². The van der Waals surface area contributed by atoms with E-state index in [2.05, 4.69) is 4.72 Å². The van der Waals surface area contributed by atoms with Gasteiger partial charge in [0.25, 0.3) is 0 Å². The summed E-state index contributed by atoms with van der Waals surface area (Å²) in [7, 11) is -3.43. The van der Waals surface area contributed by atoms with Crippen molar-refractivity contribution in [1.29, 1.82) is 0 Å². The number of carbonyl (C=O) groups is 1. The predicted octanol–water partition coefficient (Wildman–Crippen LogP) is 2.53. The van der Waals surface area contributed by atoms with Crippen molar-refractivity contribution in [3.8, 4) is 0 Å². The van der Waals surface area contributed by atoms with Gasteiger partial charge in [0.05, 0.1) is 4.90 Å². The number of Topliss-reactive ketones (excluding diaryl/α,β-unsaturated/α-hetero) is 1. The third-order valence-electron chi connectivity index (χ3n) is 2.98. The summed E-state index contributed by atoms with van der Waals surface area (Å²) >= 11 is 0. The van der Waals surface area contributed by atoms with Gasteiger partial charge in [-0.2, -0.15) is 0 Å². The molecule has 0 amide bonds. The van der Waals surface area contributed by atoms with Crippen LogP contribution in [0.15, 0.2) is 29.2 Å². The van der Waals surface area contributed by atoms with E-state index in [0.29, 0.717) is 13.0 Å². The van der Waals surface area contributed by atoms with Gasteiger partial charge in [-0.25, -0.2) is 13.1 Å². The lowest BCUT2D eigenvalue weighted by atomic mass is 9.87. The third kappa shape index (κ3) is 4.72. The van der Waals surface area contributed by atoms with Crippen LogP contribution < -0.4 is 4.72 Å². The Kier molecular flexibility index (Phi) is 5.48. The molecule has 0 aliphatic carbocycles. The zero-order chi connectivity index (χ0) is 15.4. The van der Waals surface area contributed by atoms with Crippen LogP contribution in [0.5, 0.6) is 0 Å². The monoisotopic (exact) mass is 297 g/mol. The van der Waals surface area contributed by atoms with Gasteiger partial charge in [0.15, 0.2) is 0 Å². The van der Waals surface area contributed by atoms with Gasteiger partial charge < -0.3 is 0 Å². The number of carbonyl (C=O) groups excluding carboxylic acids is 1. The van der Waals surface area contributed by atoms with Gasteiger partial charge in [-0.15, -0.1) is 0 Å². The van der Waals surface area contributed by atoms with Crippen LogP contribution in [0.25, 0.3) is 0 Å². The van der Waals surface area contributed by atoms with E-state index in [0.717, 1.165) is 12.0 Å². The van der Waals surface area contributed by atoms with Crippen LogP contribution >= 0.6 is 0 Å². The maximum atomic E-state index is 11.9. The number of sulfonamides is 1. The molecule has 0 saturated heterocycles. The molecule has 20 heavy (non-hydrogen) atoms. The van der Waals surface area contributed by atoms with Crippen LogP contribution in [0.1, 0.15) is 39.7 Å². The second-order valence-electron chi connectivity index (χ2n) is 5.89. The highest BCUT2D eigenvalue weighted by Crippen LogP contribution is 2.18. The molecule has 5 heteroatoms. The Balaban J connectivity index is 2.82. The van der Waals surface area contributed by atoms with Crippen LogP contribution in [0.4, 0.5) is 0 Å². The van der Waals surface area contributed by atoms with Crippen molar-refractivity contribution < 1.29 is 13.2 Å². The zero-order valence-corrected chi connectivity index (χ0v) is 13.4. The van der Waals surface area contributed by atoms with Crippen LogP contribution in [0, 0.1) is 5.41 Å². The summed E-state index contributed by atoms with van der Waals surface area (Å²) in [6.07, 6.45) is 1.07. The van der Waals surface area contributed by atoms with Crippen LogP contribution in [0.3, 0.4) is 0 Å². The molecule has 0 heterocycles. The van der Waals surface area contributed by atoms with Crippen molar-refractivity contribution in [3.05, 3.63) is 29.8 Å². The largest absolute Gasteiger partial charge is 0.299 e. The lowest BCUT2D eigenvalue weighted by Crippen LogP contribution is -2.24. The molecule has 0 unspecified atom stereocenters. The minimum atomic E-state index is -3.43. The molecule has 0 fully saturated rings. The first-order chi connectivity index (χ1) is 9.16. The standard InChI is InChI=1S/C15H23NO3S/c1-5-10-16-20(18,19)13-8-6-12(7-9-13)11-14(17)15(2,3)4/h6-9,16H,5,10-11H2,1-4H3. The Morgan fingerprint density at radius 3 is 2.15 bits per heavy atom. The smallest absolute Gasteiger partial charge is 0.240 e. The maximum absolute atomic E-state index is 11.9. The SMILES string of the molecule is CCCNS(=O)(=O)c1ccc(CC(=O)C(C)(C)C)cc1. The first-order valence-electron chi connectivity index (χ1n) is 6.78. The fourth-order valence-electron chi connectivity index (χ4n) is 1.56. The van der Waals surface area contributed by atoms with Crippen molar-refractivity contribution in [3.63, 3.8) is 0 Å². The molecule has 0 bridgehead atoms. The molecule has 0 saturated carbocycles. The van der Waals surface area contributed by atoms with Crippen molar-refractivity contribution in [1.82, 2.24) is 4.72 Å². The van der Waals surface area contributed by atoms with Crippen LogP contribution in [-0.2, 0) is 21.2 Å². The van der Waals surface area contributed by atoms with Crippen molar-refractivity contribution in [2.45, 2.75) is 45.4 Å². The van der Waals surface area contributed by atoms with E-state index in [1.807, 2.05) is 27.7 Å². The fraction of sp³-hybridized carbons (Fsp3) is 0.533. The van der Waals surface area contributed by atoms with Gasteiger partial charge >= 0.3 is 0 Å². The highest BCUT2D eigenvalue weighted by atomic mass is 32.2. The lowest BCUT2D eigenvalue weighted by Gasteiger charge is -2.16. The normalized spacial score (nSPS) is 12.4. The van der Waals surface area contributed by atoms with E-state index < -0.39 is 10.0 Å². The molecule has 0 spiro atoms. The Hall–Kier alpha value is -1.20. The molecular formula is C15H23NO3S. The van der Waals surface area contributed by atoms with Gasteiger partial charge in [-0.05, 0) is 24.1 Å². The molecule has 1 rings (SSSR count). The van der Waals surface area contributed by atoms with Gasteiger partial charge in [0.2, 0.25) is 10.0 Å². The Bertz CT molecular complexity index is 554. The number of benzene rings is 1. The van der Waals surface area contributed by atoms with E-state index >= 15 is 0 Å². The summed E-state index contributed by atoms with van der Waals surface area (Å²) in [5.41, 5.74) is 0.451. The van der Waals surface area contributed by atoms with Gasteiger partial charge in [-0.3, -0.25) is 4.79 Å². The number of ketones is 1. The average molecular weight is 297 g/mol. The molecule has 0 aliphatic heterocycles. The molecule has 0 radical (unpaired) electrons. The van der Waals surface area contributed by atoms with Crippen molar-refractivity contribution in [2.24, 2.45) is 5.41 Å². The Morgan fingerprint density at radius 2 is 1.70 bits per heavy atom. The molecule has 4 nitrogen and oxygen atoms in total. The Labute approximate surface area is 121 Å². The molecule has 1 aromatic carbocycles. The summed E-state index contributed by atoms with van der Waals surface area (Å²) < 4.78 is 26.3. The van der Waals surface area contributed by atoms with Gasteiger partial charge in [0.1, 0.15) is 5.78 Å². The van der Waals surface area contributed by atoms with Gasteiger partial charge in [0, 0.05) is 18.4 Å². The predicted molar refractivity (Wildman–Crippen MR) is 80.1 cm³/mol. The highest BCUT2D eigenvalue weighted by Gasteiger charge is 2.21. The molecular weight excluding hydrogens is 274 g/mol. The summed E-state index contributed by atoms with van der Waals surface area (Å²) in [5.74, 6) is 0.136. The topological polar surface area (TPSA) is 63.2 Å². The summed E-state index contributed by atoms with van der Waals surface area (Å²) in [6, 6.07) is 6.49. The molecule has 0 atom stereocenters. The second kappa shape index (κ2) is 6.50. The zero-order valence-electron chi connectivity index (χ0n) is 12.6. The number of hydrogen-bond donors (Lipinski definition) is 1. The number of rotatable bonds is 6. The molecule has 1 N–H and O–H groups in total. The minimum absolute atomic E-state index is 0.136. The highest BCUT2D eigenvalue weighted by molar-refractivity contribution is 7.89. The fourth-order valence-corrected chi connectivity index (χ4v) is 2.69. The van der Waals surface area contributed by atoms with Gasteiger partial charge in [-0.1, -0.05) is 39.8 Å². The summed E-state index contributed by atoms with van der Waals surface area (Å²) in [4.78, 5) is 12.2.